The molecule has 0 spiro atoms. The van der Waals surface area contributed by atoms with E-state index in [4.69, 9.17) is 24.7 Å². The first kappa shape index (κ1) is 24.6. The minimum atomic E-state index is -3.96. The maximum Gasteiger partial charge on any atom is 0.262 e. The van der Waals surface area contributed by atoms with Gasteiger partial charge in [-0.2, -0.15) is 0 Å². The van der Waals surface area contributed by atoms with Gasteiger partial charge in [-0.25, -0.2) is 8.42 Å². The molecular formula is C24H26N2O7S. The Balaban J connectivity index is 2.05. The number of nitrogens with two attached hydrogens (primary N) is 1. The third kappa shape index (κ3) is 4.96. The SMILES string of the molecule is COc1cc(/C=C\c2cc(NS(=O)(=O)c3ccccc3)c(O)c(OC)c2N)cc(OC)c1OC. The second-order valence-electron chi connectivity index (χ2n) is 7.02. The van der Waals surface area contributed by atoms with Crippen molar-refractivity contribution in [1.82, 2.24) is 0 Å². The zero-order valence-corrected chi connectivity index (χ0v) is 20.0. The van der Waals surface area contributed by atoms with E-state index in [9.17, 15) is 13.5 Å². The van der Waals surface area contributed by atoms with Crippen LogP contribution >= 0.6 is 0 Å². The lowest BCUT2D eigenvalue weighted by atomic mass is 10.1. The topological polar surface area (TPSA) is 129 Å². The molecule has 0 saturated heterocycles. The number of nitrogens with one attached hydrogen (secondary N) is 1. The van der Waals surface area contributed by atoms with E-state index in [1.807, 2.05) is 0 Å². The first-order valence-corrected chi connectivity index (χ1v) is 11.5. The zero-order valence-electron chi connectivity index (χ0n) is 19.2. The predicted octanol–water partition coefficient (Wildman–Crippen LogP) is 3.98. The van der Waals surface area contributed by atoms with Crippen molar-refractivity contribution in [2.24, 2.45) is 0 Å². The third-order valence-electron chi connectivity index (χ3n) is 4.97. The minimum Gasteiger partial charge on any atom is -0.503 e. The standard InChI is InChI=1S/C24H26N2O7S/c1-30-19-12-15(13-20(31-2)23(19)32-3)10-11-16-14-18(22(27)24(33-4)21(16)25)26-34(28,29)17-8-6-5-7-9-17/h5-14,26-27H,25H2,1-4H3/b11-10-. The van der Waals surface area contributed by atoms with Crippen molar-refractivity contribution in [3.8, 4) is 28.7 Å². The quantitative estimate of drug-likeness (QED) is 0.235. The van der Waals surface area contributed by atoms with Gasteiger partial charge in [-0.15, -0.1) is 0 Å². The fourth-order valence-electron chi connectivity index (χ4n) is 3.29. The van der Waals surface area contributed by atoms with Gasteiger partial charge in [0, 0.05) is 5.56 Å². The van der Waals surface area contributed by atoms with Crippen LogP contribution in [0.1, 0.15) is 11.1 Å². The lowest BCUT2D eigenvalue weighted by Gasteiger charge is -2.16. The van der Waals surface area contributed by atoms with Crippen LogP contribution in [-0.4, -0.2) is 42.0 Å². The Bertz CT molecular complexity index is 1280. The second-order valence-corrected chi connectivity index (χ2v) is 8.70. The average molecular weight is 487 g/mol. The molecule has 180 valence electrons. The number of sulfonamides is 1. The summed E-state index contributed by atoms with van der Waals surface area (Å²) in [7, 11) is 1.90. The smallest absolute Gasteiger partial charge is 0.262 e. The molecule has 34 heavy (non-hydrogen) atoms. The van der Waals surface area contributed by atoms with Crippen molar-refractivity contribution in [2.45, 2.75) is 4.90 Å². The summed E-state index contributed by atoms with van der Waals surface area (Å²) < 4.78 is 49.3. The Hall–Kier alpha value is -4.05. The Labute approximate surface area is 198 Å². The van der Waals surface area contributed by atoms with Crippen LogP contribution in [0.25, 0.3) is 12.2 Å². The van der Waals surface area contributed by atoms with Crippen molar-refractivity contribution < 1.29 is 32.5 Å². The first-order valence-electron chi connectivity index (χ1n) is 10.0. The number of phenols is 1. The molecule has 0 bridgehead atoms. The molecule has 0 atom stereocenters. The molecule has 0 aliphatic carbocycles. The highest BCUT2D eigenvalue weighted by molar-refractivity contribution is 7.92. The lowest BCUT2D eigenvalue weighted by Crippen LogP contribution is -2.13. The van der Waals surface area contributed by atoms with Gasteiger partial charge in [0.05, 0.1) is 44.7 Å². The Morgan fingerprint density at radius 3 is 1.97 bits per heavy atom. The summed E-state index contributed by atoms with van der Waals surface area (Å²) in [6.45, 7) is 0. The number of nitrogen functional groups attached to an aromatic ring is 1. The van der Waals surface area contributed by atoms with Crippen molar-refractivity contribution in [1.29, 1.82) is 0 Å². The molecule has 9 nitrogen and oxygen atoms in total. The Morgan fingerprint density at radius 1 is 0.853 bits per heavy atom. The van der Waals surface area contributed by atoms with E-state index in [0.29, 0.717) is 28.4 Å². The molecule has 3 aromatic carbocycles. The summed E-state index contributed by atoms with van der Waals surface area (Å²) in [5.41, 5.74) is 7.34. The van der Waals surface area contributed by atoms with Gasteiger partial charge in [0.2, 0.25) is 5.75 Å². The first-order chi connectivity index (χ1) is 16.2. The van der Waals surface area contributed by atoms with Crippen LogP contribution in [0.5, 0.6) is 28.7 Å². The number of benzene rings is 3. The molecule has 3 aromatic rings. The van der Waals surface area contributed by atoms with Gasteiger partial charge in [-0.1, -0.05) is 30.4 Å². The predicted molar refractivity (Wildman–Crippen MR) is 131 cm³/mol. The fourth-order valence-corrected chi connectivity index (χ4v) is 4.37. The second kappa shape index (κ2) is 10.3. The summed E-state index contributed by atoms with van der Waals surface area (Å²) in [5, 5.41) is 10.6. The lowest BCUT2D eigenvalue weighted by molar-refractivity contribution is 0.324. The highest BCUT2D eigenvalue weighted by Crippen LogP contribution is 2.43. The number of anilines is 2. The molecule has 0 unspecified atom stereocenters. The molecule has 10 heteroatoms. The molecular weight excluding hydrogens is 460 g/mol. The average Bonchev–Trinajstić information content (AvgIpc) is 2.85. The number of ether oxygens (including phenoxy) is 4. The summed E-state index contributed by atoms with van der Waals surface area (Å²) in [5.74, 6) is 0.899. The summed E-state index contributed by atoms with van der Waals surface area (Å²) in [4.78, 5) is 0.0414. The van der Waals surface area contributed by atoms with Crippen LogP contribution in [-0.2, 0) is 10.0 Å². The molecule has 0 saturated carbocycles. The molecule has 0 radical (unpaired) electrons. The van der Waals surface area contributed by atoms with Crippen LogP contribution in [0.4, 0.5) is 11.4 Å². The molecule has 0 aromatic heterocycles. The van der Waals surface area contributed by atoms with Crippen molar-refractivity contribution >= 4 is 33.6 Å². The number of hydrogen-bond donors (Lipinski definition) is 3. The van der Waals surface area contributed by atoms with E-state index < -0.39 is 15.8 Å². The van der Waals surface area contributed by atoms with E-state index in [0.717, 1.165) is 0 Å². The molecule has 0 fully saturated rings. The normalized spacial score (nSPS) is 11.3. The van der Waals surface area contributed by atoms with Gasteiger partial charge in [0.1, 0.15) is 0 Å². The van der Waals surface area contributed by atoms with Gasteiger partial charge in [0.15, 0.2) is 23.0 Å². The van der Waals surface area contributed by atoms with Crippen LogP contribution in [0.15, 0.2) is 53.4 Å². The van der Waals surface area contributed by atoms with Crippen LogP contribution in [0, 0.1) is 0 Å². The Morgan fingerprint density at radius 2 is 1.44 bits per heavy atom. The monoisotopic (exact) mass is 486 g/mol. The molecule has 3 rings (SSSR count). The van der Waals surface area contributed by atoms with Gasteiger partial charge < -0.3 is 29.8 Å². The van der Waals surface area contributed by atoms with Crippen molar-refractivity contribution in [3.05, 3.63) is 59.7 Å². The highest BCUT2D eigenvalue weighted by Gasteiger charge is 2.21. The van der Waals surface area contributed by atoms with E-state index in [1.165, 1.54) is 46.6 Å². The number of phenolic OH excluding ortho intramolecular Hbond substituents is 1. The highest BCUT2D eigenvalue weighted by atomic mass is 32.2. The summed E-state index contributed by atoms with van der Waals surface area (Å²) in [6.07, 6.45) is 3.38. The van der Waals surface area contributed by atoms with Crippen LogP contribution in [0.3, 0.4) is 0 Å². The molecule has 0 amide bonds. The fraction of sp³-hybridized carbons (Fsp3) is 0.167. The zero-order chi connectivity index (χ0) is 24.9. The minimum absolute atomic E-state index is 0.0414. The summed E-state index contributed by atoms with van der Waals surface area (Å²) >= 11 is 0. The van der Waals surface area contributed by atoms with E-state index in [1.54, 1.807) is 42.5 Å². The number of methoxy groups -OCH3 is 4. The largest absolute Gasteiger partial charge is 0.503 e. The maximum atomic E-state index is 12.8. The molecule has 0 aliphatic rings. The van der Waals surface area contributed by atoms with Crippen molar-refractivity contribution in [2.75, 3.05) is 38.9 Å². The Kier molecular flexibility index (Phi) is 7.42. The number of aromatic hydroxyl groups is 1. The summed E-state index contributed by atoms with van der Waals surface area (Å²) in [6, 6.07) is 12.7. The van der Waals surface area contributed by atoms with Crippen LogP contribution < -0.4 is 29.4 Å². The van der Waals surface area contributed by atoms with E-state index >= 15 is 0 Å². The van der Waals surface area contributed by atoms with Gasteiger partial charge in [-0.3, -0.25) is 4.72 Å². The third-order valence-corrected chi connectivity index (χ3v) is 6.35. The van der Waals surface area contributed by atoms with Crippen LogP contribution in [0.2, 0.25) is 0 Å². The number of rotatable bonds is 9. The molecule has 0 heterocycles. The van der Waals surface area contributed by atoms with Gasteiger partial charge in [-0.05, 0) is 35.9 Å². The molecule has 0 aliphatic heterocycles. The van der Waals surface area contributed by atoms with E-state index in [-0.39, 0.29) is 22.0 Å². The number of hydrogen-bond acceptors (Lipinski definition) is 8. The maximum absolute atomic E-state index is 12.8. The van der Waals surface area contributed by atoms with E-state index in [2.05, 4.69) is 4.72 Å². The van der Waals surface area contributed by atoms with Crippen molar-refractivity contribution in [3.63, 3.8) is 0 Å². The molecule has 4 N–H and O–H groups in total. The van der Waals surface area contributed by atoms with Gasteiger partial charge >= 0.3 is 0 Å². The van der Waals surface area contributed by atoms with Gasteiger partial charge in [0.25, 0.3) is 10.0 Å².